The summed E-state index contributed by atoms with van der Waals surface area (Å²) in [4.78, 5) is 105. The van der Waals surface area contributed by atoms with E-state index in [9.17, 15) is 60.2 Å². The molecule has 0 amide bonds. The van der Waals surface area contributed by atoms with Gasteiger partial charge in [0.15, 0.2) is 5.16 Å². The Morgan fingerprint density at radius 3 is 1.01 bits per heavy atom. The number of ether oxygens (including phenoxy) is 9. The largest absolute Gasteiger partial charge is 0.493 e. The zero-order chi connectivity index (χ0) is 106. The molecular formula is C108H110F6N18O17S. The Labute approximate surface area is 859 Å². The molecule has 0 spiro atoms. The number of nitrogens with zero attached hydrogens (tertiary/aromatic N) is 12. The minimum atomic E-state index is -2.97. The minimum Gasteiger partial charge on any atom is -0.493 e. The Bertz CT molecular complexity index is 7630. The molecule has 19 rings (SSSR count). The van der Waals surface area contributed by atoms with E-state index in [0.29, 0.717) is 96.8 Å². The van der Waals surface area contributed by atoms with Gasteiger partial charge in [-0.2, -0.15) is 41.3 Å². The lowest BCUT2D eigenvalue weighted by atomic mass is 10.1. The van der Waals surface area contributed by atoms with Crippen molar-refractivity contribution in [3.05, 3.63) is 410 Å². The molecular weight excluding hydrogens is 1970 g/mol. The number of benzene rings is 9. The lowest BCUT2D eigenvalue weighted by Crippen LogP contribution is -2.43. The summed E-state index contributed by atoms with van der Waals surface area (Å²) in [6, 6.07) is 65.5. The maximum atomic E-state index is 14.0. The predicted octanol–water partition coefficient (Wildman–Crippen LogP) is 13.1. The van der Waals surface area contributed by atoms with Crippen LogP contribution < -0.4 is 101 Å². The maximum Gasteiger partial charge on any atom is 0.387 e. The molecule has 0 unspecified atom stereocenters. The number of hydrogen-bond acceptors (Lipinski definition) is 30. The Morgan fingerprint density at radius 1 is 0.353 bits per heavy atom. The van der Waals surface area contributed by atoms with Gasteiger partial charge in [0, 0.05) is 79.1 Å². The number of anilines is 5. The molecule has 4 aliphatic rings. The van der Waals surface area contributed by atoms with Crippen molar-refractivity contribution >= 4 is 41.1 Å². The Hall–Kier alpha value is -16.4. The molecule has 9 aromatic carbocycles. The molecule has 0 radical (unpaired) electrons. The first-order valence-electron chi connectivity index (χ1n) is 47.7. The number of nitrogen functional groups attached to an aromatic ring is 3. The molecule has 4 aliphatic heterocycles. The van der Waals surface area contributed by atoms with E-state index in [0.717, 1.165) is 141 Å². The lowest BCUT2D eigenvalue weighted by molar-refractivity contribution is -0.0505. The highest BCUT2D eigenvalue weighted by atomic mass is 32.2. The number of rotatable bonds is 36. The van der Waals surface area contributed by atoms with Gasteiger partial charge in [0.1, 0.15) is 57.7 Å². The van der Waals surface area contributed by atoms with Gasteiger partial charge in [0.2, 0.25) is 11.9 Å². The third kappa shape index (κ3) is 28.7. The van der Waals surface area contributed by atoms with Crippen LogP contribution in [-0.4, -0.2) is 120 Å². The van der Waals surface area contributed by atoms with E-state index < -0.39 is 54.0 Å². The molecule has 0 fully saturated rings. The first-order valence-corrected chi connectivity index (χ1v) is 48.9. The van der Waals surface area contributed by atoms with Crippen molar-refractivity contribution in [2.24, 2.45) is 5.73 Å². The van der Waals surface area contributed by atoms with Gasteiger partial charge < -0.3 is 86.4 Å². The second-order valence-electron chi connectivity index (χ2n) is 35.0. The van der Waals surface area contributed by atoms with E-state index >= 15 is 0 Å². The normalized spacial score (nSPS) is 12.3. The van der Waals surface area contributed by atoms with Crippen molar-refractivity contribution < 1.29 is 79.2 Å². The Balaban J connectivity index is 0.000000149. The predicted molar refractivity (Wildman–Crippen MR) is 551 cm³/mol. The topological polar surface area (TPSA) is 461 Å². The summed E-state index contributed by atoms with van der Waals surface area (Å²) in [6.07, 6.45) is 4.97. The number of aromatic nitrogens is 12. The van der Waals surface area contributed by atoms with Gasteiger partial charge in [0.25, 0.3) is 0 Å². The number of aliphatic hydroxyl groups is 2. The SMILES string of the molecule is CSc1nc(=O)n(Cc2ccc3c(c2)CCO3)c(=O)n1Cc1ccc(OC(F)F)cc1.Cc1cc(CO)c(CNc2nc(=O)n(Cc3ccc4c(c3)CCO4)c(=O)n2Cc2ccc(OC(F)F)cc2)c(N)n1.Cc1cc(COCc2ccccc2)c(CN)c(N)n1.Cc1cc(COCc2ccccc2)c(CNc2nc(=O)n(Cc3ccc4c(c3)CCO4)c(=O)n2Cc2ccc(OC(F)F)cc2)c(N)n1.OCc1ccc2c(c1)CCO2. The molecule has 150 heavy (non-hydrogen) atoms. The number of aryl methyl sites for hydroxylation is 3. The molecule has 6 aromatic heterocycles. The molecule has 0 bridgehead atoms. The van der Waals surface area contributed by atoms with E-state index in [1.54, 1.807) is 49.6 Å². The van der Waals surface area contributed by atoms with Crippen molar-refractivity contribution in [3.8, 4) is 40.2 Å². The molecule has 10 heterocycles. The van der Waals surface area contributed by atoms with Crippen LogP contribution in [0.2, 0.25) is 0 Å². The quantitative estimate of drug-likeness (QED) is 0.0134. The highest BCUT2D eigenvalue weighted by Gasteiger charge is 2.26. The second kappa shape index (κ2) is 51.3. The van der Waals surface area contributed by atoms with Crippen LogP contribution in [0.1, 0.15) is 123 Å². The maximum absolute atomic E-state index is 14.0. The summed E-state index contributed by atoms with van der Waals surface area (Å²) in [5.74, 6) is 4.29. The van der Waals surface area contributed by atoms with Crippen LogP contribution in [0.4, 0.5) is 55.7 Å². The third-order valence-corrected chi connectivity index (χ3v) is 25.1. The minimum absolute atomic E-state index is 0.00285. The van der Waals surface area contributed by atoms with Crippen LogP contribution in [0.3, 0.4) is 0 Å². The fourth-order valence-electron chi connectivity index (χ4n) is 17.1. The van der Waals surface area contributed by atoms with E-state index in [1.807, 2.05) is 153 Å². The van der Waals surface area contributed by atoms with E-state index in [-0.39, 0.29) is 118 Å². The first-order chi connectivity index (χ1) is 72.5. The summed E-state index contributed by atoms with van der Waals surface area (Å²) in [7, 11) is 0. The zero-order valence-corrected chi connectivity index (χ0v) is 83.0. The van der Waals surface area contributed by atoms with Crippen LogP contribution >= 0.6 is 11.8 Å². The smallest absolute Gasteiger partial charge is 0.387 e. The van der Waals surface area contributed by atoms with E-state index in [2.05, 4.69) is 54.7 Å². The monoisotopic (exact) mass is 2080 g/mol. The molecule has 782 valence electrons. The standard InChI is InChI=1S/C35H34F2N6O5.C28H28F2N6O5.C21H19F2N3O4S.C15H19N3O.C9H10O2/c1-22-15-27(21-46-20-24-5-3-2-4-6-24)29(31(38)40-22)17-39-33-41-34(44)43(19-25-9-12-30-26(16-25)13-14-47-30)35(45)42(33)18-23-7-10-28(11-8-23)48-32(36)37;1-16-10-20(15-37)22(24(31)33-16)12-32-26-34-27(38)36(14-18-4-7-23-19(11-18)8-9-40-23)28(39)35(26)13-17-2-5-21(6-3-17)41-25(29)30;1-31-20-24-19(27)25(12-14-4-7-17-15(10-14)8-9-29-17)21(28)26(20)11-13-2-5-16(6-3-13)30-18(22)23;1-11-7-13(14(8-16)15(17)18-11)10-19-9-12-5-3-2-4-6-12;10-6-7-1-2-9-8(5-7)3-4-11-9/h2-12,15-16,32H,13-14,17-21H2,1H3,(H2,38,40)(H,39,41,44);2-7,10-11,25,37H,8-9,12-15H2,1H3,(H2,31,33)(H,32,34,38);2-7,10,18H,8-9,11-12H2,1H3;2-7H,8-10,16H2,1H3,(H2,17,18);1-2,5,10H,3-4,6H2. The van der Waals surface area contributed by atoms with Crippen LogP contribution in [0.25, 0.3) is 0 Å². The van der Waals surface area contributed by atoms with Crippen molar-refractivity contribution in [1.29, 1.82) is 0 Å². The van der Waals surface area contributed by atoms with Crippen LogP contribution in [-0.2, 0) is 134 Å². The lowest BCUT2D eigenvalue weighted by Gasteiger charge is -2.18. The second-order valence-corrected chi connectivity index (χ2v) is 35.7. The number of fused-ring (bicyclic) bond motifs is 4. The van der Waals surface area contributed by atoms with E-state index in [1.165, 1.54) is 79.6 Å². The third-order valence-electron chi connectivity index (χ3n) is 24.4. The highest BCUT2D eigenvalue weighted by molar-refractivity contribution is 7.98. The van der Waals surface area contributed by atoms with Gasteiger partial charge in [-0.15, -0.1) is 0 Å². The van der Waals surface area contributed by atoms with Gasteiger partial charge in [-0.3, -0.25) is 13.7 Å². The van der Waals surface area contributed by atoms with Crippen molar-refractivity contribution in [2.45, 2.75) is 170 Å². The van der Waals surface area contributed by atoms with Gasteiger partial charge in [-0.05, 0) is 201 Å². The molecule has 42 heteroatoms. The fraction of sp³-hybridized carbons (Fsp3) is 0.278. The van der Waals surface area contributed by atoms with Crippen LogP contribution in [0.15, 0.2) is 258 Å². The van der Waals surface area contributed by atoms with Crippen LogP contribution in [0.5, 0.6) is 40.2 Å². The highest BCUT2D eigenvalue weighted by Crippen LogP contribution is 2.33. The van der Waals surface area contributed by atoms with Gasteiger partial charge >= 0.3 is 54.0 Å². The van der Waals surface area contributed by atoms with Gasteiger partial charge in [0.05, 0.1) is 105 Å². The number of pyridine rings is 3. The fourth-order valence-corrected chi connectivity index (χ4v) is 17.6. The average Bonchev–Trinajstić information content (AvgIpc) is 0.810. The van der Waals surface area contributed by atoms with Gasteiger partial charge in [-0.1, -0.05) is 151 Å². The number of alkyl halides is 6. The first kappa shape index (κ1) is 108. The summed E-state index contributed by atoms with van der Waals surface area (Å²) in [6.45, 7) is 1.41. The molecule has 12 N–H and O–H groups in total. The summed E-state index contributed by atoms with van der Waals surface area (Å²) in [5, 5.41) is 25.0. The average molecular weight is 2080 g/mol. The number of hydrogen-bond donors (Lipinski definition) is 8. The molecule has 0 saturated carbocycles. The number of aliphatic hydroxyl groups excluding tert-OH is 2. The molecule has 0 atom stereocenters. The number of nitrogens with one attached hydrogen (secondary N) is 2. The van der Waals surface area contributed by atoms with E-state index in [4.69, 9.17) is 56.5 Å². The molecule has 15 aromatic rings. The number of thioether (sulfide) groups is 1. The van der Waals surface area contributed by atoms with Crippen LogP contribution in [0, 0.1) is 20.8 Å². The zero-order valence-electron chi connectivity index (χ0n) is 82.2. The van der Waals surface area contributed by atoms with Crippen molar-refractivity contribution in [1.82, 2.24) is 57.3 Å². The van der Waals surface area contributed by atoms with Gasteiger partial charge in [-0.25, -0.2) is 57.4 Å². The molecule has 35 nitrogen and oxygen atoms in total. The number of nitrogens with two attached hydrogens (primary N) is 4. The Morgan fingerprint density at radius 2 is 0.660 bits per heavy atom. The summed E-state index contributed by atoms with van der Waals surface area (Å²) < 4.78 is 129. The summed E-state index contributed by atoms with van der Waals surface area (Å²) in [5.41, 5.74) is 38.3. The number of halogens is 6. The van der Waals surface area contributed by atoms with Crippen molar-refractivity contribution in [3.63, 3.8) is 0 Å². The molecule has 0 aliphatic carbocycles. The van der Waals surface area contributed by atoms with Crippen molar-refractivity contribution in [2.75, 3.05) is 60.5 Å². The summed E-state index contributed by atoms with van der Waals surface area (Å²) >= 11 is 1.18. The Kier molecular flexibility index (Phi) is 36.9. The molecule has 0 saturated heterocycles.